The van der Waals surface area contributed by atoms with E-state index in [4.69, 9.17) is 5.73 Å². The molecule has 0 rings (SSSR count). The number of hydrogen-bond acceptors (Lipinski definition) is 1. The maximum Gasteiger partial charge on any atom is 0.389 e. The van der Waals surface area contributed by atoms with Crippen LogP contribution in [0.3, 0.4) is 0 Å². The van der Waals surface area contributed by atoms with E-state index in [0.717, 1.165) is 0 Å². The largest absolute Gasteiger partial charge is 0.389 e. The SMILES string of the molecule is C[C@@H](N)CCCC(F)(F)F. The lowest BCUT2D eigenvalue weighted by Crippen LogP contribution is -2.16. The second-order valence-corrected chi connectivity index (χ2v) is 2.48. The summed E-state index contributed by atoms with van der Waals surface area (Å²) in [5.74, 6) is 0. The number of rotatable bonds is 3. The van der Waals surface area contributed by atoms with Gasteiger partial charge in [0.1, 0.15) is 0 Å². The van der Waals surface area contributed by atoms with E-state index in [9.17, 15) is 13.2 Å². The van der Waals surface area contributed by atoms with Crippen LogP contribution in [0.25, 0.3) is 0 Å². The van der Waals surface area contributed by atoms with Crippen molar-refractivity contribution in [3.8, 4) is 0 Å². The van der Waals surface area contributed by atoms with Crippen molar-refractivity contribution in [1.82, 2.24) is 0 Å². The zero-order valence-corrected chi connectivity index (χ0v) is 5.91. The molecule has 0 heterocycles. The Hall–Kier alpha value is -0.250. The van der Waals surface area contributed by atoms with Crippen molar-refractivity contribution in [2.75, 3.05) is 0 Å². The smallest absolute Gasteiger partial charge is 0.328 e. The molecule has 62 valence electrons. The van der Waals surface area contributed by atoms with Gasteiger partial charge >= 0.3 is 6.18 Å². The molecule has 0 aliphatic heterocycles. The lowest BCUT2D eigenvalue weighted by molar-refractivity contribution is -0.135. The van der Waals surface area contributed by atoms with Crippen molar-refractivity contribution in [3.63, 3.8) is 0 Å². The van der Waals surface area contributed by atoms with Crippen LogP contribution in [0.15, 0.2) is 0 Å². The number of hydrogen-bond donors (Lipinski definition) is 1. The molecule has 4 heteroatoms. The first-order chi connectivity index (χ1) is 4.42. The molecule has 0 amide bonds. The average Bonchev–Trinajstić information content (AvgIpc) is 1.59. The van der Waals surface area contributed by atoms with E-state index in [-0.39, 0.29) is 12.5 Å². The molecule has 10 heavy (non-hydrogen) atoms. The molecule has 0 saturated carbocycles. The number of halogens is 3. The summed E-state index contributed by atoms with van der Waals surface area (Å²) < 4.78 is 34.4. The Kier molecular flexibility index (Phi) is 3.71. The molecule has 0 aromatic carbocycles. The van der Waals surface area contributed by atoms with E-state index in [0.29, 0.717) is 6.42 Å². The second kappa shape index (κ2) is 3.81. The maximum atomic E-state index is 11.5. The Bertz CT molecular complexity index is 87.5. The molecule has 0 aromatic heterocycles. The third-order valence-electron chi connectivity index (χ3n) is 1.12. The molecule has 0 aliphatic rings. The zero-order chi connectivity index (χ0) is 8.20. The first kappa shape index (κ1) is 9.75. The molecule has 0 radical (unpaired) electrons. The van der Waals surface area contributed by atoms with Crippen LogP contribution in [0.2, 0.25) is 0 Å². The van der Waals surface area contributed by atoms with Gasteiger partial charge in [-0.15, -0.1) is 0 Å². The molecule has 0 aliphatic carbocycles. The summed E-state index contributed by atoms with van der Waals surface area (Å²) in [6.07, 6.45) is -4.15. The van der Waals surface area contributed by atoms with Crippen LogP contribution in [0, 0.1) is 0 Å². The van der Waals surface area contributed by atoms with E-state index in [1.165, 1.54) is 0 Å². The highest BCUT2D eigenvalue weighted by atomic mass is 19.4. The molecule has 0 bridgehead atoms. The van der Waals surface area contributed by atoms with Crippen LogP contribution in [-0.4, -0.2) is 12.2 Å². The molecule has 2 N–H and O–H groups in total. The van der Waals surface area contributed by atoms with E-state index in [1.807, 2.05) is 0 Å². The summed E-state index contributed by atoms with van der Waals surface area (Å²) in [5, 5.41) is 0. The van der Waals surface area contributed by atoms with Gasteiger partial charge in [0.15, 0.2) is 0 Å². The van der Waals surface area contributed by atoms with Crippen LogP contribution in [-0.2, 0) is 0 Å². The fourth-order valence-electron chi connectivity index (χ4n) is 0.624. The molecule has 0 unspecified atom stereocenters. The quantitative estimate of drug-likeness (QED) is 0.663. The molecule has 0 spiro atoms. The summed E-state index contributed by atoms with van der Waals surface area (Å²) in [6.45, 7) is 1.70. The van der Waals surface area contributed by atoms with Gasteiger partial charge in [-0.05, 0) is 19.8 Å². The van der Waals surface area contributed by atoms with Crippen LogP contribution in [0.1, 0.15) is 26.2 Å². The summed E-state index contributed by atoms with van der Waals surface area (Å²) in [4.78, 5) is 0. The first-order valence-electron chi connectivity index (χ1n) is 3.24. The van der Waals surface area contributed by atoms with Crippen molar-refractivity contribution in [1.29, 1.82) is 0 Å². The summed E-state index contributed by atoms with van der Waals surface area (Å²) in [7, 11) is 0. The highest BCUT2D eigenvalue weighted by Crippen LogP contribution is 2.22. The topological polar surface area (TPSA) is 26.0 Å². The normalized spacial score (nSPS) is 15.3. The molecule has 0 aromatic rings. The van der Waals surface area contributed by atoms with Gasteiger partial charge in [-0.25, -0.2) is 0 Å². The van der Waals surface area contributed by atoms with E-state index in [2.05, 4.69) is 0 Å². The maximum absolute atomic E-state index is 11.5. The van der Waals surface area contributed by atoms with Crippen molar-refractivity contribution in [2.24, 2.45) is 5.73 Å². The highest BCUT2D eigenvalue weighted by Gasteiger charge is 2.25. The third kappa shape index (κ3) is 7.75. The third-order valence-corrected chi connectivity index (χ3v) is 1.12. The highest BCUT2D eigenvalue weighted by molar-refractivity contribution is 4.56. The molecule has 0 fully saturated rings. The van der Waals surface area contributed by atoms with Gasteiger partial charge in [-0.1, -0.05) is 0 Å². The van der Waals surface area contributed by atoms with Crippen LogP contribution >= 0.6 is 0 Å². The monoisotopic (exact) mass is 155 g/mol. The Morgan fingerprint density at radius 2 is 1.90 bits per heavy atom. The van der Waals surface area contributed by atoms with Crippen LogP contribution < -0.4 is 5.73 Å². The molecular formula is C6H12F3N. The van der Waals surface area contributed by atoms with Gasteiger partial charge < -0.3 is 5.73 Å². The molecule has 1 atom stereocenters. The summed E-state index contributed by atoms with van der Waals surface area (Å²) in [5.41, 5.74) is 5.25. The van der Waals surface area contributed by atoms with E-state index in [1.54, 1.807) is 6.92 Å². The van der Waals surface area contributed by atoms with Crippen LogP contribution in [0.4, 0.5) is 13.2 Å². The minimum absolute atomic E-state index is 0.123. The Balaban J connectivity index is 3.21. The van der Waals surface area contributed by atoms with Crippen molar-refractivity contribution in [2.45, 2.75) is 38.4 Å². The van der Waals surface area contributed by atoms with Crippen molar-refractivity contribution in [3.05, 3.63) is 0 Å². The lowest BCUT2D eigenvalue weighted by atomic mass is 10.1. The van der Waals surface area contributed by atoms with Gasteiger partial charge in [-0.3, -0.25) is 0 Å². The average molecular weight is 155 g/mol. The first-order valence-corrected chi connectivity index (χ1v) is 3.24. The lowest BCUT2D eigenvalue weighted by Gasteiger charge is -2.06. The van der Waals surface area contributed by atoms with E-state index >= 15 is 0 Å². The van der Waals surface area contributed by atoms with Crippen LogP contribution in [0.5, 0.6) is 0 Å². The fraction of sp³-hybridized carbons (Fsp3) is 1.00. The van der Waals surface area contributed by atoms with Gasteiger partial charge in [0.25, 0.3) is 0 Å². The van der Waals surface area contributed by atoms with Gasteiger partial charge in [0.05, 0.1) is 0 Å². The Morgan fingerprint density at radius 3 is 2.20 bits per heavy atom. The number of nitrogens with two attached hydrogens (primary N) is 1. The van der Waals surface area contributed by atoms with Crippen molar-refractivity contribution >= 4 is 0 Å². The standard InChI is InChI=1S/C6H12F3N/c1-5(10)3-2-4-6(7,8)9/h5H,2-4,10H2,1H3/t5-/m1/s1. The molecule has 0 saturated heterocycles. The summed E-state index contributed by atoms with van der Waals surface area (Å²) >= 11 is 0. The Labute approximate surface area is 58.4 Å². The predicted octanol–water partition coefficient (Wildman–Crippen LogP) is 2.07. The van der Waals surface area contributed by atoms with E-state index < -0.39 is 12.6 Å². The minimum Gasteiger partial charge on any atom is -0.328 e. The predicted molar refractivity (Wildman–Crippen MR) is 33.6 cm³/mol. The molecular weight excluding hydrogens is 143 g/mol. The molecule has 1 nitrogen and oxygen atoms in total. The number of alkyl halides is 3. The summed E-state index contributed by atoms with van der Waals surface area (Å²) in [6, 6.07) is -0.123. The van der Waals surface area contributed by atoms with Gasteiger partial charge in [0.2, 0.25) is 0 Å². The Morgan fingerprint density at radius 1 is 1.40 bits per heavy atom. The van der Waals surface area contributed by atoms with Gasteiger partial charge in [-0.2, -0.15) is 13.2 Å². The fourth-order valence-corrected chi connectivity index (χ4v) is 0.624. The minimum atomic E-state index is -4.02. The second-order valence-electron chi connectivity index (χ2n) is 2.48. The van der Waals surface area contributed by atoms with Crippen molar-refractivity contribution < 1.29 is 13.2 Å². The zero-order valence-electron chi connectivity index (χ0n) is 5.91. The van der Waals surface area contributed by atoms with Gasteiger partial charge in [0, 0.05) is 12.5 Å².